The lowest BCUT2D eigenvalue weighted by Crippen LogP contribution is -2.52. The number of nitrogens with one attached hydrogen (secondary N) is 2. The molecule has 10 heteroatoms. The van der Waals surface area contributed by atoms with Crippen molar-refractivity contribution in [2.75, 3.05) is 46.4 Å². The van der Waals surface area contributed by atoms with Crippen LogP contribution in [0.1, 0.15) is 56.3 Å². The fourth-order valence-corrected chi connectivity index (χ4v) is 5.37. The minimum atomic E-state index is -0.855. The van der Waals surface area contributed by atoms with Crippen LogP contribution in [-0.4, -0.2) is 103 Å². The van der Waals surface area contributed by atoms with E-state index in [0.29, 0.717) is 37.4 Å². The maximum absolute atomic E-state index is 13.6. The number of fused-ring (bicyclic) bond motifs is 2. The van der Waals surface area contributed by atoms with E-state index >= 15 is 0 Å². The number of likely N-dealkylation sites (N-methyl/N-ethyl adjacent to an activating group) is 1. The molecule has 0 bridgehead atoms. The van der Waals surface area contributed by atoms with Crippen molar-refractivity contribution in [3.8, 4) is 5.75 Å². The molecule has 2 N–H and O–H groups in total. The van der Waals surface area contributed by atoms with E-state index in [0.717, 1.165) is 25.9 Å². The number of hydrogen-bond acceptors (Lipinski definition) is 6. The average molecular weight is 528 g/mol. The number of hydrogen-bond donors (Lipinski definition) is 2. The number of carbonyl (C=O) groups excluding carboxylic acids is 4. The first-order chi connectivity index (χ1) is 18.2. The van der Waals surface area contributed by atoms with Crippen molar-refractivity contribution in [2.24, 2.45) is 5.92 Å². The first-order valence-corrected chi connectivity index (χ1v) is 13.8. The molecule has 3 aliphatic heterocycles. The molecule has 3 aliphatic rings. The van der Waals surface area contributed by atoms with E-state index in [-0.39, 0.29) is 49.1 Å². The fourth-order valence-electron chi connectivity index (χ4n) is 5.37. The second-order valence-corrected chi connectivity index (χ2v) is 11.0. The summed E-state index contributed by atoms with van der Waals surface area (Å²) in [5.74, 6) is -0.483. The van der Waals surface area contributed by atoms with Crippen molar-refractivity contribution in [1.82, 2.24) is 25.3 Å². The van der Waals surface area contributed by atoms with Gasteiger partial charge in [0.1, 0.15) is 24.4 Å². The second-order valence-electron chi connectivity index (χ2n) is 11.0. The molecule has 208 valence electrons. The SMILES string of the molecule is CC(C)[C@H]1COc2ccccc2C(=O)N[C@H](C(=O)N2CCCN(C)CC2)CCC(=O)N2CCC[C@@H]2C(=O)N1. The summed E-state index contributed by atoms with van der Waals surface area (Å²) in [4.78, 5) is 59.2. The highest BCUT2D eigenvalue weighted by Crippen LogP contribution is 2.23. The molecule has 2 saturated heterocycles. The van der Waals surface area contributed by atoms with Gasteiger partial charge in [0.15, 0.2) is 0 Å². The lowest BCUT2D eigenvalue weighted by molar-refractivity contribution is -0.139. The third-order valence-corrected chi connectivity index (χ3v) is 7.84. The number of benzene rings is 1. The van der Waals surface area contributed by atoms with Gasteiger partial charge in [-0.3, -0.25) is 19.2 Å². The first-order valence-electron chi connectivity index (χ1n) is 13.8. The largest absolute Gasteiger partial charge is 0.491 e. The van der Waals surface area contributed by atoms with Crippen LogP contribution in [0.3, 0.4) is 0 Å². The zero-order chi connectivity index (χ0) is 27.2. The maximum Gasteiger partial charge on any atom is 0.255 e. The molecule has 1 aromatic rings. The molecular formula is C28H41N5O5. The Hall–Kier alpha value is -3.14. The van der Waals surface area contributed by atoms with Crippen LogP contribution < -0.4 is 15.4 Å². The summed E-state index contributed by atoms with van der Waals surface area (Å²) >= 11 is 0. The van der Waals surface area contributed by atoms with Crippen LogP contribution in [0.15, 0.2) is 24.3 Å². The normalized spacial score (nSPS) is 26.3. The summed E-state index contributed by atoms with van der Waals surface area (Å²) in [6, 6.07) is 5.23. The summed E-state index contributed by atoms with van der Waals surface area (Å²) in [5.41, 5.74) is 0.316. The monoisotopic (exact) mass is 527 g/mol. The van der Waals surface area contributed by atoms with E-state index in [1.807, 2.05) is 20.9 Å². The standard InChI is InChI=1S/C28H41N5O5/c1-19(2)22-18-38-24-10-5-4-8-20(24)26(35)29-21(28(37)32-14-7-13-31(3)16-17-32)11-12-25(34)33-15-6-9-23(33)27(36)30-22/h4-5,8,10,19,21-23H,6-7,9,11-18H2,1-3H3,(H,29,35)(H,30,36)/t21-,22+,23+/m0/s1. The third kappa shape index (κ3) is 6.64. The Kier molecular flexibility index (Phi) is 9.25. The fraction of sp³-hybridized carbons (Fsp3) is 0.643. The van der Waals surface area contributed by atoms with Gasteiger partial charge in [-0.05, 0) is 57.3 Å². The van der Waals surface area contributed by atoms with Crippen LogP contribution in [0.4, 0.5) is 0 Å². The number of nitrogens with zero attached hydrogens (tertiary/aromatic N) is 3. The minimum Gasteiger partial charge on any atom is -0.491 e. The first kappa shape index (κ1) is 27.9. The van der Waals surface area contributed by atoms with Crippen molar-refractivity contribution in [3.05, 3.63) is 29.8 Å². The van der Waals surface area contributed by atoms with Gasteiger partial charge in [0.2, 0.25) is 17.7 Å². The molecule has 0 unspecified atom stereocenters. The highest BCUT2D eigenvalue weighted by atomic mass is 16.5. The van der Waals surface area contributed by atoms with Gasteiger partial charge >= 0.3 is 0 Å². The van der Waals surface area contributed by atoms with Crippen LogP contribution in [-0.2, 0) is 14.4 Å². The summed E-state index contributed by atoms with van der Waals surface area (Å²) in [7, 11) is 2.03. The molecule has 2 fully saturated rings. The van der Waals surface area contributed by atoms with E-state index < -0.39 is 18.0 Å². The Morgan fingerprint density at radius 2 is 1.76 bits per heavy atom. The van der Waals surface area contributed by atoms with Crippen molar-refractivity contribution in [1.29, 1.82) is 0 Å². The predicted molar refractivity (Wildman–Crippen MR) is 143 cm³/mol. The van der Waals surface area contributed by atoms with Crippen molar-refractivity contribution in [3.63, 3.8) is 0 Å². The smallest absolute Gasteiger partial charge is 0.255 e. The Morgan fingerprint density at radius 3 is 2.55 bits per heavy atom. The Bertz CT molecular complexity index is 1030. The average Bonchev–Trinajstić information content (AvgIpc) is 3.30. The quantitative estimate of drug-likeness (QED) is 0.599. The molecule has 10 nitrogen and oxygen atoms in total. The highest BCUT2D eigenvalue weighted by Gasteiger charge is 2.37. The molecule has 0 radical (unpaired) electrons. The van der Waals surface area contributed by atoms with E-state index in [9.17, 15) is 19.2 Å². The lowest BCUT2D eigenvalue weighted by Gasteiger charge is -2.29. The topological polar surface area (TPSA) is 111 Å². The van der Waals surface area contributed by atoms with Gasteiger partial charge in [-0.2, -0.15) is 0 Å². The van der Waals surface area contributed by atoms with Gasteiger partial charge in [0.25, 0.3) is 5.91 Å². The number of amides is 4. The lowest BCUT2D eigenvalue weighted by atomic mass is 10.0. The molecule has 0 aromatic heterocycles. The van der Waals surface area contributed by atoms with Gasteiger partial charge in [-0.1, -0.05) is 26.0 Å². The molecule has 1 aromatic carbocycles. The van der Waals surface area contributed by atoms with Gasteiger partial charge in [-0.25, -0.2) is 0 Å². The number of rotatable bonds is 2. The van der Waals surface area contributed by atoms with Crippen molar-refractivity contribution >= 4 is 23.6 Å². The predicted octanol–water partition coefficient (Wildman–Crippen LogP) is 1.25. The van der Waals surface area contributed by atoms with Crippen LogP contribution in [0, 0.1) is 5.92 Å². The number of para-hydroxylation sites is 1. The molecule has 4 amide bonds. The van der Waals surface area contributed by atoms with Crippen LogP contribution in [0.2, 0.25) is 0 Å². The second kappa shape index (κ2) is 12.6. The van der Waals surface area contributed by atoms with Crippen LogP contribution in [0.25, 0.3) is 0 Å². The number of ether oxygens (including phenoxy) is 1. The third-order valence-electron chi connectivity index (χ3n) is 7.84. The minimum absolute atomic E-state index is 0.0694. The van der Waals surface area contributed by atoms with E-state index in [1.54, 1.807) is 34.1 Å². The van der Waals surface area contributed by atoms with Crippen molar-refractivity contribution < 1.29 is 23.9 Å². The summed E-state index contributed by atoms with van der Waals surface area (Å²) < 4.78 is 6.07. The summed E-state index contributed by atoms with van der Waals surface area (Å²) in [5, 5.41) is 5.99. The Labute approximate surface area is 225 Å². The van der Waals surface area contributed by atoms with Crippen LogP contribution in [0.5, 0.6) is 5.75 Å². The molecule has 3 heterocycles. The molecule has 0 spiro atoms. The Balaban J connectivity index is 1.63. The van der Waals surface area contributed by atoms with Gasteiger partial charge < -0.3 is 30.1 Å². The van der Waals surface area contributed by atoms with E-state index in [2.05, 4.69) is 15.5 Å². The van der Waals surface area contributed by atoms with E-state index in [4.69, 9.17) is 4.74 Å². The molecule has 0 saturated carbocycles. The zero-order valence-electron chi connectivity index (χ0n) is 22.8. The molecule has 0 aliphatic carbocycles. The number of carbonyl (C=O) groups is 4. The van der Waals surface area contributed by atoms with Crippen LogP contribution >= 0.6 is 0 Å². The summed E-state index contributed by atoms with van der Waals surface area (Å²) in [6.45, 7) is 7.51. The molecule has 38 heavy (non-hydrogen) atoms. The van der Waals surface area contributed by atoms with Gasteiger partial charge in [-0.15, -0.1) is 0 Å². The Morgan fingerprint density at radius 1 is 0.974 bits per heavy atom. The molecule has 4 rings (SSSR count). The van der Waals surface area contributed by atoms with Gasteiger partial charge in [0, 0.05) is 32.6 Å². The molecule has 3 atom stereocenters. The summed E-state index contributed by atoms with van der Waals surface area (Å²) in [6.07, 6.45) is 2.44. The maximum atomic E-state index is 13.6. The van der Waals surface area contributed by atoms with Crippen molar-refractivity contribution in [2.45, 2.75) is 64.1 Å². The molecular weight excluding hydrogens is 486 g/mol. The van der Waals surface area contributed by atoms with E-state index in [1.165, 1.54) is 0 Å². The highest BCUT2D eigenvalue weighted by molar-refractivity contribution is 6.00. The zero-order valence-corrected chi connectivity index (χ0v) is 22.8. The van der Waals surface area contributed by atoms with Gasteiger partial charge in [0.05, 0.1) is 11.6 Å².